The van der Waals surface area contributed by atoms with Gasteiger partial charge in [0.15, 0.2) is 11.5 Å². The fourth-order valence-electron chi connectivity index (χ4n) is 5.77. The molecule has 1 aromatic heterocycles. The van der Waals surface area contributed by atoms with Crippen LogP contribution in [-0.4, -0.2) is 54.2 Å². The number of halogens is 2. The third kappa shape index (κ3) is 5.49. The molecule has 0 unspecified atom stereocenters. The van der Waals surface area contributed by atoms with Crippen molar-refractivity contribution in [1.29, 1.82) is 0 Å². The Hall–Kier alpha value is -3.68. The van der Waals surface area contributed by atoms with Crippen LogP contribution >= 0.6 is 11.6 Å². The molecule has 6 nitrogen and oxygen atoms in total. The zero-order chi connectivity index (χ0) is 27.6. The molecule has 3 aliphatic rings. The van der Waals surface area contributed by atoms with Crippen LogP contribution in [-0.2, 0) is 13.0 Å². The highest BCUT2D eigenvalue weighted by Gasteiger charge is 2.30. The number of benzene rings is 2. The van der Waals surface area contributed by atoms with Crippen LogP contribution in [0.5, 0.6) is 0 Å². The number of nitrogens with zero attached hydrogens (tertiary/aromatic N) is 3. The third-order valence-electron chi connectivity index (χ3n) is 8.01. The standard InChI is InChI=1S/C32H31ClFN3O3/c33-28-10-9-26(34)19-25(28)21-37-29-20-23(8-7-22(29)18-24-11-17-40-31(24)32(37)39)30(38)6-3-12-35-13-15-36(16-14-35)27-4-1-2-5-27/h1-2,4,7-11,17,19-20H,3,5-6,12-16,18,21H2. The van der Waals surface area contributed by atoms with Crippen LogP contribution < -0.4 is 4.90 Å². The number of allylic oxidation sites excluding steroid dienone is 3. The highest BCUT2D eigenvalue weighted by molar-refractivity contribution is 6.31. The first-order chi connectivity index (χ1) is 19.5. The van der Waals surface area contributed by atoms with Crippen LogP contribution in [0, 0.1) is 5.82 Å². The summed E-state index contributed by atoms with van der Waals surface area (Å²) in [5.74, 6) is -0.483. The lowest BCUT2D eigenvalue weighted by atomic mass is 9.99. The topological polar surface area (TPSA) is 57.0 Å². The first-order valence-corrected chi connectivity index (χ1v) is 14.2. The van der Waals surface area contributed by atoms with Crippen molar-refractivity contribution in [2.24, 2.45) is 0 Å². The fraction of sp³-hybridized carbons (Fsp3) is 0.312. The Labute approximate surface area is 238 Å². The molecule has 1 fully saturated rings. The van der Waals surface area contributed by atoms with Crippen molar-refractivity contribution in [3.8, 4) is 0 Å². The Balaban J connectivity index is 1.15. The molecule has 1 amide bonds. The summed E-state index contributed by atoms with van der Waals surface area (Å²) >= 11 is 6.36. The highest BCUT2D eigenvalue weighted by atomic mass is 35.5. The third-order valence-corrected chi connectivity index (χ3v) is 8.38. The van der Waals surface area contributed by atoms with Gasteiger partial charge in [-0.15, -0.1) is 0 Å². The summed E-state index contributed by atoms with van der Waals surface area (Å²) < 4.78 is 19.6. The first kappa shape index (κ1) is 26.5. The van der Waals surface area contributed by atoms with Gasteiger partial charge in [0.25, 0.3) is 5.91 Å². The van der Waals surface area contributed by atoms with Gasteiger partial charge in [-0.1, -0.05) is 35.9 Å². The Morgan fingerprint density at radius 2 is 1.88 bits per heavy atom. The van der Waals surface area contributed by atoms with Crippen molar-refractivity contribution in [2.45, 2.75) is 32.2 Å². The normalized spacial score (nSPS) is 17.1. The lowest BCUT2D eigenvalue weighted by Crippen LogP contribution is -2.45. The molecule has 3 heterocycles. The number of hydrogen-bond donors (Lipinski definition) is 0. The summed E-state index contributed by atoms with van der Waals surface area (Å²) in [7, 11) is 0. The lowest BCUT2D eigenvalue weighted by molar-refractivity contribution is 0.0951. The molecule has 0 saturated carbocycles. The molecule has 0 spiro atoms. The number of piperazine rings is 1. The maximum Gasteiger partial charge on any atom is 0.294 e. The van der Waals surface area contributed by atoms with Gasteiger partial charge in [-0.3, -0.25) is 14.5 Å². The molecule has 0 N–H and O–H groups in total. The quantitative estimate of drug-likeness (QED) is 0.305. The van der Waals surface area contributed by atoms with E-state index in [9.17, 15) is 14.0 Å². The zero-order valence-corrected chi connectivity index (χ0v) is 23.0. The molecule has 206 valence electrons. The van der Waals surface area contributed by atoms with E-state index in [1.807, 2.05) is 12.1 Å². The number of Topliss-reactive ketones (excluding diaryl/α,β-unsaturated/α-hetero) is 1. The molecule has 40 heavy (non-hydrogen) atoms. The van der Waals surface area contributed by atoms with E-state index in [1.54, 1.807) is 12.1 Å². The van der Waals surface area contributed by atoms with Crippen LogP contribution in [0.25, 0.3) is 0 Å². The van der Waals surface area contributed by atoms with Gasteiger partial charge in [0, 0.05) is 73.0 Å². The minimum atomic E-state index is -0.432. The SMILES string of the molecule is O=C(CCCN1CCN(C2=CC=CC2)CC1)c1ccc2c(c1)N(Cc1cc(F)ccc1Cl)C(=O)c1occc1C2. The van der Waals surface area contributed by atoms with E-state index in [0.29, 0.717) is 34.7 Å². The van der Waals surface area contributed by atoms with E-state index in [-0.39, 0.29) is 24.0 Å². The number of ketones is 1. The monoisotopic (exact) mass is 559 g/mol. The molecule has 8 heteroatoms. The lowest BCUT2D eigenvalue weighted by Gasteiger charge is -2.36. The molecular weight excluding hydrogens is 529 g/mol. The molecule has 2 aliphatic heterocycles. The number of anilines is 1. The second-order valence-electron chi connectivity index (χ2n) is 10.6. The second kappa shape index (κ2) is 11.4. The average molecular weight is 560 g/mol. The molecule has 0 radical (unpaired) electrons. The Kier molecular flexibility index (Phi) is 7.59. The van der Waals surface area contributed by atoms with Crippen molar-refractivity contribution < 1.29 is 18.4 Å². The van der Waals surface area contributed by atoms with E-state index in [0.717, 1.165) is 56.7 Å². The summed E-state index contributed by atoms with van der Waals surface area (Å²) in [6.45, 7) is 4.96. The predicted octanol–water partition coefficient (Wildman–Crippen LogP) is 6.25. The number of rotatable bonds is 8. The van der Waals surface area contributed by atoms with Gasteiger partial charge >= 0.3 is 0 Å². The minimum absolute atomic E-state index is 0.0423. The zero-order valence-electron chi connectivity index (χ0n) is 22.2. The number of carbonyl (C=O) groups is 2. The summed E-state index contributed by atoms with van der Waals surface area (Å²) in [6.07, 6.45) is 10.7. The molecule has 1 saturated heterocycles. The van der Waals surface area contributed by atoms with E-state index in [2.05, 4.69) is 28.0 Å². The fourth-order valence-corrected chi connectivity index (χ4v) is 5.94. The Morgan fingerprint density at radius 3 is 2.67 bits per heavy atom. The van der Waals surface area contributed by atoms with Crippen molar-refractivity contribution in [3.63, 3.8) is 0 Å². The molecule has 1 aliphatic carbocycles. The van der Waals surface area contributed by atoms with Crippen molar-refractivity contribution in [2.75, 3.05) is 37.6 Å². The molecule has 6 rings (SSSR count). The van der Waals surface area contributed by atoms with Crippen LogP contribution in [0.2, 0.25) is 5.02 Å². The predicted molar refractivity (Wildman–Crippen MR) is 153 cm³/mol. The second-order valence-corrected chi connectivity index (χ2v) is 11.0. The number of fused-ring (bicyclic) bond motifs is 2. The number of carbonyl (C=O) groups excluding carboxylic acids is 2. The van der Waals surface area contributed by atoms with E-state index < -0.39 is 5.82 Å². The summed E-state index contributed by atoms with van der Waals surface area (Å²) in [5, 5.41) is 0.365. The molecule has 0 atom stereocenters. The van der Waals surface area contributed by atoms with Crippen LogP contribution in [0.15, 0.2) is 77.1 Å². The van der Waals surface area contributed by atoms with E-state index >= 15 is 0 Å². The Morgan fingerprint density at radius 1 is 1.02 bits per heavy atom. The smallest absolute Gasteiger partial charge is 0.294 e. The van der Waals surface area contributed by atoms with Gasteiger partial charge in [0.05, 0.1) is 12.8 Å². The number of furan rings is 1. The molecule has 0 bridgehead atoms. The van der Waals surface area contributed by atoms with Gasteiger partial charge in [0.2, 0.25) is 0 Å². The summed E-state index contributed by atoms with van der Waals surface area (Å²) in [4.78, 5) is 33.3. The molecule has 3 aromatic rings. The largest absolute Gasteiger partial charge is 0.459 e. The van der Waals surface area contributed by atoms with Crippen molar-refractivity contribution in [3.05, 3.63) is 112 Å². The van der Waals surface area contributed by atoms with Crippen molar-refractivity contribution in [1.82, 2.24) is 9.80 Å². The van der Waals surface area contributed by atoms with Gasteiger partial charge in [-0.2, -0.15) is 0 Å². The van der Waals surface area contributed by atoms with Crippen LogP contribution in [0.1, 0.15) is 56.9 Å². The van der Waals surface area contributed by atoms with Gasteiger partial charge in [-0.25, -0.2) is 4.39 Å². The maximum atomic E-state index is 14.0. The summed E-state index contributed by atoms with van der Waals surface area (Å²) in [5.41, 5.74) is 4.73. The minimum Gasteiger partial charge on any atom is -0.459 e. The van der Waals surface area contributed by atoms with Crippen molar-refractivity contribution >= 4 is 29.0 Å². The van der Waals surface area contributed by atoms with Gasteiger partial charge in [-0.05, 0) is 60.5 Å². The van der Waals surface area contributed by atoms with Crippen LogP contribution in [0.4, 0.5) is 10.1 Å². The molecule has 2 aromatic carbocycles. The average Bonchev–Trinajstić information content (AvgIpc) is 3.65. The molecular formula is C32H31ClFN3O3. The first-order valence-electron chi connectivity index (χ1n) is 13.8. The maximum absolute atomic E-state index is 14.0. The Bertz CT molecular complexity index is 1500. The van der Waals surface area contributed by atoms with E-state index in [1.165, 1.54) is 35.1 Å². The number of hydrogen-bond acceptors (Lipinski definition) is 5. The van der Waals surface area contributed by atoms with Gasteiger partial charge in [0.1, 0.15) is 5.82 Å². The number of amides is 1. The summed E-state index contributed by atoms with van der Waals surface area (Å²) in [6, 6.07) is 11.4. The van der Waals surface area contributed by atoms with Crippen LogP contribution in [0.3, 0.4) is 0 Å². The van der Waals surface area contributed by atoms with Gasteiger partial charge < -0.3 is 14.2 Å². The highest BCUT2D eigenvalue weighted by Crippen LogP contribution is 2.34. The van der Waals surface area contributed by atoms with E-state index in [4.69, 9.17) is 16.0 Å².